The summed E-state index contributed by atoms with van der Waals surface area (Å²) in [5.41, 5.74) is 0. The average molecular weight is 1040 g/mol. The molecule has 0 aromatic rings. The van der Waals surface area contributed by atoms with Crippen LogP contribution in [0.25, 0.3) is 0 Å². The van der Waals surface area contributed by atoms with E-state index in [-0.39, 0.29) is 31.1 Å². The normalized spacial score (nSPS) is 12.7. The van der Waals surface area contributed by atoms with Crippen molar-refractivity contribution in [1.29, 1.82) is 0 Å². The number of ether oxygens (including phenoxy) is 3. The fourth-order valence-electron chi connectivity index (χ4n) is 8.79. The number of carbonyl (C=O) groups is 3. The van der Waals surface area contributed by atoms with E-state index in [1.54, 1.807) is 0 Å². The molecule has 0 aliphatic rings. The molecule has 0 rings (SSSR count). The molecule has 0 aliphatic heterocycles. The minimum Gasteiger partial charge on any atom is -0.462 e. The first-order chi connectivity index (χ1) is 37.0. The standard InChI is InChI=1S/C69H118O6/c1-4-7-10-13-16-19-22-25-28-31-32-33-34-35-36-39-41-44-47-50-53-56-59-62-68(71)74-65-66(75-69(72)63-60-57-54-51-48-45-42-38-30-27-24-21-18-15-12-9-6-3)64-73-67(70)61-58-55-52-49-46-43-40-37-29-26-23-20-17-14-11-8-5-2/h7,10,16,18-19,21,25-30,32-33,35-36,66H,4-6,8-9,11-15,17,20,22-24,31,34,37-65H2,1-3H3/b10-7-,19-16-,21-18-,28-25-,29-26-,30-27-,33-32-,36-35-. The minimum atomic E-state index is -0.790. The number of hydrogen-bond acceptors (Lipinski definition) is 6. The Morgan fingerprint density at radius 3 is 0.853 bits per heavy atom. The van der Waals surface area contributed by atoms with Crippen LogP contribution in [0.3, 0.4) is 0 Å². The lowest BCUT2D eigenvalue weighted by molar-refractivity contribution is -0.167. The van der Waals surface area contributed by atoms with Crippen molar-refractivity contribution in [3.05, 3.63) is 97.2 Å². The molecule has 1 unspecified atom stereocenters. The Morgan fingerprint density at radius 2 is 0.520 bits per heavy atom. The predicted molar refractivity (Wildman–Crippen MR) is 325 cm³/mol. The Kier molecular flexibility index (Phi) is 59.8. The Bertz CT molecular complexity index is 1480. The summed E-state index contributed by atoms with van der Waals surface area (Å²) in [5, 5.41) is 0. The highest BCUT2D eigenvalue weighted by Crippen LogP contribution is 2.15. The van der Waals surface area contributed by atoms with E-state index in [0.29, 0.717) is 19.3 Å². The summed E-state index contributed by atoms with van der Waals surface area (Å²) in [5.74, 6) is -0.900. The predicted octanol–water partition coefficient (Wildman–Crippen LogP) is 21.7. The highest BCUT2D eigenvalue weighted by molar-refractivity contribution is 5.71. The van der Waals surface area contributed by atoms with Crippen molar-refractivity contribution in [2.75, 3.05) is 13.2 Å². The number of esters is 3. The van der Waals surface area contributed by atoms with Gasteiger partial charge in [0, 0.05) is 19.3 Å². The van der Waals surface area contributed by atoms with Gasteiger partial charge in [0.25, 0.3) is 0 Å². The van der Waals surface area contributed by atoms with Crippen LogP contribution in [0.2, 0.25) is 0 Å². The van der Waals surface area contributed by atoms with Gasteiger partial charge in [0.05, 0.1) is 0 Å². The molecular formula is C69H118O6. The Hall–Kier alpha value is -3.67. The van der Waals surface area contributed by atoms with Gasteiger partial charge in [0.15, 0.2) is 6.10 Å². The fourth-order valence-corrected chi connectivity index (χ4v) is 8.79. The van der Waals surface area contributed by atoms with Crippen molar-refractivity contribution in [3.8, 4) is 0 Å². The van der Waals surface area contributed by atoms with Crippen LogP contribution in [0.15, 0.2) is 97.2 Å². The van der Waals surface area contributed by atoms with Gasteiger partial charge in [0.2, 0.25) is 0 Å². The summed E-state index contributed by atoms with van der Waals surface area (Å²) >= 11 is 0. The van der Waals surface area contributed by atoms with E-state index in [1.165, 1.54) is 154 Å². The van der Waals surface area contributed by atoms with Gasteiger partial charge < -0.3 is 14.2 Å². The van der Waals surface area contributed by atoms with Gasteiger partial charge in [-0.15, -0.1) is 0 Å². The highest BCUT2D eigenvalue weighted by atomic mass is 16.6. The van der Waals surface area contributed by atoms with E-state index < -0.39 is 6.10 Å². The second kappa shape index (κ2) is 62.9. The molecule has 6 nitrogen and oxygen atoms in total. The van der Waals surface area contributed by atoms with Gasteiger partial charge >= 0.3 is 17.9 Å². The first-order valence-corrected chi connectivity index (χ1v) is 31.7. The summed E-state index contributed by atoms with van der Waals surface area (Å²) in [6.45, 7) is 6.50. The molecule has 6 heteroatoms. The zero-order chi connectivity index (χ0) is 54.3. The number of unbranched alkanes of at least 4 members (excludes halogenated alkanes) is 30. The Balaban J connectivity index is 4.41. The molecular weight excluding hydrogens is 925 g/mol. The maximum atomic E-state index is 12.9. The second-order valence-electron chi connectivity index (χ2n) is 20.9. The maximum Gasteiger partial charge on any atom is 0.306 e. The summed E-state index contributed by atoms with van der Waals surface area (Å²) in [7, 11) is 0. The third-order valence-corrected chi connectivity index (χ3v) is 13.5. The van der Waals surface area contributed by atoms with Crippen molar-refractivity contribution in [3.63, 3.8) is 0 Å². The molecule has 0 spiro atoms. The van der Waals surface area contributed by atoms with Crippen LogP contribution < -0.4 is 0 Å². The first-order valence-electron chi connectivity index (χ1n) is 31.7. The maximum absolute atomic E-state index is 12.9. The van der Waals surface area contributed by atoms with Crippen LogP contribution in [-0.2, 0) is 28.6 Å². The van der Waals surface area contributed by atoms with E-state index in [4.69, 9.17) is 14.2 Å². The molecule has 0 aromatic heterocycles. The number of carbonyl (C=O) groups excluding carboxylic acids is 3. The van der Waals surface area contributed by atoms with E-state index in [0.717, 1.165) is 109 Å². The van der Waals surface area contributed by atoms with Gasteiger partial charge in [-0.25, -0.2) is 0 Å². The lowest BCUT2D eigenvalue weighted by Gasteiger charge is -2.18. The molecule has 0 saturated heterocycles. The quantitative estimate of drug-likeness (QED) is 0.0261. The van der Waals surface area contributed by atoms with Crippen LogP contribution in [0, 0.1) is 0 Å². The van der Waals surface area contributed by atoms with Crippen molar-refractivity contribution < 1.29 is 28.6 Å². The third kappa shape index (κ3) is 61.1. The van der Waals surface area contributed by atoms with E-state index in [2.05, 4.69) is 118 Å². The molecule has 0 saturated carbocycles. The zero-order valence-electron chi connectivity index (χ0n) is 49.3. The molecule has 0 heterocycles. The molecule has 0 aliphatic carbocycles. The molecule has 430 valence electrons. The first kappa shape index (κ1) is 71.3. The van der Waals surface area contributed by atoms with Crippen LogP contribution in [0.4, 0.5) is 0 Å². The summed E-state index contributed by atoms with van der Waals surface area (Å²) in [6.07, 6.45) is 84.0. The summed E-state index contributed by atoms with van der Waals surface area (Å²) in [4.78, 5) is 38.3. The fraction of sp³-hybridized carbons (Fsp3) is 0.725. The molecule has 0 amide bonds. The Labute approximate surface area is 464 Å². The SMILES string of the molecule is CC/C=C\C/C=C\C/C=C\C/C=C\C/C=C\CCCCCCCCCC(=O)OCC(COC(=O)CCCCCCCCC/C=C\CCCCCCCC)OC(=O)CCCCCCCCC/C=C\C/C=C\CCCCC. The second-order valence-corrected chi connectivity index (χ2v) is 20.9. The molecule has 0 radical (unpaired) electrons. The molecule has 1 atom stereocenters. The van der Waals surface area contributed by atoms with Crippen LogP contribution in [0.1, 0.15) is 303 Å². The summed E-state index contributed by atoms with van der Waals surface area (Å²) < 4.78 is 16.9. The van der Waals surface area contributed by atoms with Gasteiger partial charge in [-0.05, 0) is 122 Å². The van der Waals surface area contributed by atoms with Crippen molar-refractivity contribution >= 4 is 17.9 Å². The smallest absolute Gasteiger partial charge is 0.306 e. The average Bonchev–Trinajstić information content (AvgIpc) is 3.41. The minimum absolute atomic E-state index is 0.0860. The number of rotatable bonds is 57. The van der Waals surface area contributed by atoms with Gasteiger partial charge in [-0.3, -0.25) is 14.4 Å². The zero-order valence-corrected chi connectivity index (χ0v) is 49.3. The lowest BCUT2D eigenvalue weighted by atomic mass is 10.1. The van der Waals surface area contributed by atoms with Crippen LogP contribution in [-0.4, -0.2) is 37.2 Å². The number of hydrogen-bond donors (Lipinski definition) is 0. The molecule has 75 heavy (non-hydrogen) atoms. The third-order valence-electron chi connectivity index (χ3n) is 13.5. The topological polar surface area (TPSA) is 78.9 Å². The largest absolute Gasteiger partial charge is 0.462 e. The monoisotopic (exact) mass is 1040 g/mol. The van der Waals surface area contributed by atoms with Gasteiger partial charge in [-0.1, -0.05) is 259 Å². The number of allylic oxidation sites excluding steroid dienone is 16. The lowest BCUT2D eigenvalue weighted by Crippen LogP contribution is -2.30. The molecule has 0 fully saturated rings. The Morgan fingerprint density at radius 1 is 0.280 bits per heavy atom. The van der Waals surface area contributed by atoms with E-state index in [1.807, 2.05) is 0 Å². The summed E-state index contributed by atoms with van der Waals surface area (Å²) in [6, 6.07) is 0. The van der Waals surface area contributed by atoms with Crippen molar-refractivity contribution in [1.82, 2.24) is 0 Å². The van der Waals surface area contributed by atoms with Crippen LogP contribution in [0.5, 0.6) is 0 Å². The molecule has 0 N–H and O–H groups in total. The molecule has 0 aromatic carbocycles. The van der Waals surface area contributed by atoms with Crippen LogP contribution >= 0.6 is 0 Å². The molecule has 0 bridgehead atoms. The van der Waals surface area contributed by atoms with Crippen molar-refractivity contribution in [2.24, 2.45) is 0 Å². The highest BCUT2D eigenvalue weighted by Gasteiger charge is 2.19. The van der Waals surface area contributed by atoms with E-state index in [9.17, 15) is 14.4 Å². The van der Waals surface area contributed by atoms with Crippen molar-refractivity contribution in [2.45, 2.75) is 309 Å². The van der Waals surface area contributed by atoms with Gasteiger partial charge in [-0.2, -0.15) is 0 Å². The van der Waals surface area contributed by atoms with E-state index >= 15 is 0 Å². The van der Waals surface area contributed by atoms with Gasteiger partial charge in [0.1, 0.15) is 13.2 Å².